The maximum absolute atomic E-state index is 12.0. The fourth-order valence-corrected chi connectivity index (χ4v) is 5.59. The zero-order valence-electron chi connectivity index (χ0n) is 10.7. The van der Waals surface area contributed by atoms with Gasteiger partial charge in [-0.05, 0) is 85.7 Å². The standard InChI is InChI=1S/C12H4Br5NO4S/c13-7-4(8(14)10(16)11(17)9(7)15)3-22-12(19)5-1-2-6(23-5)18(20)21/h1-2H,3H2. The second kappa shape index (κ2) is 8.05. The molecule has 1 heterocycles. The monoisotopic (exact) mass is 653 g/mol. The minimum absolute atomic E-state index is 0.00379. The fraction of sp³-hybridized carbons (Fsp3) is 0.0833. The topological polar surface area (TPSA) is 69.4 Å². The molecule has 0 saturated heterocycles. The van der Waals surface area contributed by atoms with Crippen molar-refractivity contribution in [3.05, 3.63) is 55.1 Å². The van der Waals surface area contributed by atoms with Crippen LogP contribution in [0.4, 0.5) is 5.00 Å². The van der Waals surface area contributed by atoms with Gasteiger partial charge in [-0.25, -0.2) is 4.79 Å². The molecule has 0 atom stereocenters. The number of benzene rings is 1. The Labute approximate surface area is 176 Å². The van der Waals surface area contributed by atoms with Crippen molar-refractivity contribution < 1.29 is 14.5 Å². The first kappa shape index (κ1) is 19.5. The molecule has 0 fully saturated rings. The van der Waals surface area contributed by atoms with E-state index in [4.69, 9.17) is 4.74 Å². The molecule has 0 aliphatic rings. The molecule has 0 spiro atoms. The molecule has 1 aromatic carbocycles. The Bertz CT molecular complexity index is 778. The summed E-state index contributed by atoms with van der Waals surface area (Å²) in [5.41, 5.74) is 0.714. The van der Waals surface area contributed by atoms with Crippen LogP contribution in [-0.4, -0.2) is 10.9 Å². The molecule has 1 aromatic heterocycles. The van der Waals surface area contributed by atoms with Crippen LogP contribution in [0.25, 0.3) is 0 Å². The van der Waals surface area contributed by atoms with Gasteiger partial charge in [0.2, 0.25) is 0 Å². The molecular formula is C12H4Br5NO4S. The summed E-state index contributed by atoms with van der Waals surface area (Å²) in [6, 6.07) is 2.66. The van der Waals surface area contributed by atoms with E-state index < -0.39 is 10.9 Å². The van der Waals surface area contributed by atoms with Gasteiger partial charge in [0.25, 0.3) is 0 Å². The highest BCUT2D eigenvalue weighted by atomic mass is 79.9. The van der Waals surface area contributed by atoms with Crippen LogP contribution in [0.3, 0.4) is 0 Å². The van der Waals surface area contributed by atoms with Crippen LogP contribution < -0.4 is 0 Å². The largest absolute Gasteiger partial charge is 0.457 e. The zero-order chi connectivity index (χ0) is 17.3. The van der Waals surface area contributed by atoms with Crippen LogP contribution in [0.2, 0.25) is 0 Å². The number of carbonyl (C=O) groups is 1. The minimum atomic E-state index is -0.614. The van der Waals surface area contributed by atoms with Gasteiger partial charge < -0.3 is 4.74 Å². The Hall–Kier alpha value is 0.190. The van der Waals surface area contributed by atoms with E-state index in [1.165, 1.54) is 12.1 Å². The molecule has 0 unspecified atom stereocenters. The van der Waals surface area contributed by atoms with Crippen LogP contribution >= 0.6 is 91.0 Å². The Morgan fingerprint density at radius 1 is 1.04 bits per heavy atom. The first-order valence-corrected chi connectivity index (χ1v) is 10.4. The van der Waals surface area contributed by atoms with E-state index in [-0.39, 0.29) is 16.5 Å². The highest BCUT2D eigenvalue weighted by molar-refractivity contribution is 9.15. The smallest absolute Gasteiger partial charge is 0.348 e. The molecule has 11 heteroatoms. The van der Waals surface area contributed by atoms with E-state index >= 15 is 0 Å². The number of rotatable bonds is 4. The molecular weight excluding hydrogens is 654 g/mol. The summed E-state index contributed by atoms with van der Waals surface area (Å²) < 4.78 is 9.05. The van der Waals surface area contributed by atoms with E-state index in [2.05, 4.69) is 79.6 Å². The van der Waals surface area contributed by atoms with E-state index in [0.29, 0.717) is 5.56 Å². The lowest BCUT2D eigenvalue weighted by atomic mass is 10.2. The first-order valence-electron chi connectivity index (χ1n) is 5.65. The molecule has 2 rings (SSSR count). The second-order valence-electron chi connectivity index (χ2n) is 4.02. The summed E-state index contributed by atoms with van der Waals surface area (Å²) in [5, 5.41) is 10.5. The Morgan fingerprint density at radius 3 is 2.04 bits per heavy atom. The third-order valence-electron chi connectivity index (χ3n) is 2.62. The number of halogens is 5. The SMILES string of the molecule is O=C(OCc1c(Br)c(Br)c(Br)c(Br)c1Br)c1ccc([N+](=O)[O-])s1. The summed E-state index contributed by atoms with van der Waals surface area (Å²) in [7, 11) is 0. The van der Waals surface area contributed by atoms with Crippen LogP contribution in [0.15, 0.2) is 34.5 Å². The number of hydrogen-bond acceptors (Lipinski definition) is 5. The van der Waals surface area contributed by atoms with Crippen molar-refractivity contribution in [3.63, 3.8) is 0 Å². The predicted molar refractivity (Wildman–Crippen MR) is 105 cm³/mol. The Kier molecular flexibility index (Phi) is 6.83. The molecule has 0 aliphatic carbocycles. The number of nitro groups is 1. The number of ether oxygens (including phenoxy) is 1. The van der Waals surface area contributed by atoms with Crippen molar-refractivity contribution in [2.45, 2.75) is 6.61 Å². The molecule has 0 bridgehead atoms. The van der Waals surface area contributed by atoms with Gasteiger partial charge in [0.05, 0.1) is 4.92 Å². The van der Waals surface area contributed by atoms with E-state index in [1.807, 2.05) is 0 Å². The number of hydrogen-bond donors (Lipinski definition) is 0. The van der Waals surface area contributed by atoms with Gasteiger partial charge >= 0.3 is 11.0 Å². The summed E-state index contributed by atoms with van der Waals surface area (Å²) >= 11 is 17.9. The summed E-state index contributed by atoms with van der Waals surface area (Å²) in [5.74, 6) is -0.614. The number of esters is 1. The van der Waals surface area contributed by atoms with E-state index in [9.17, 15) is 14.9 Å². The lowest BCUT2D eigenvalue weighted by Gasteiger charge is -2.13. The van der Waals surface area contributed by atoms with Crippen LogP contribution in [0.5, 0.6) is 0 Å². The zero-order valence-corrected chi connectivity index (χ0v) is 19.5. The molecule has 0 amide bonds. The van der Waals surface area contributed by atoms with Gasteiger partial charge in [0.15, 0.2) is 0 Å². The van der Waals surface area contributed by atoms with Crippen molar-refractivity contribution in [1.29, 1.82) is 0 Å². The first-order chi connectivity index (χ1) is 10.7. The van der Waals surface area contributed by atoms with Gasteiger partial charge in [-0.2, -0.15) is 0 Å². The summed E-state index contributed by atoms with van der Waals surface area (Å²) in [4.78, 5) is 22.3. The third kappa shape index (κ3) is 4.24. The van der Waals surface area contributed by atoms with Crippen LogP contribution in [0.1, 0.15) is 15.2 Å². The van der Waals surface area contributed by atoms with Gasteiger partial charge in [0.1, 0.15) is 11.5 Å². The maximum Gasteiger partial charge on any atom is 0.348 e. The minimum Gasteiger partial charge on any atom is -0.457 e. The van der Waals surface area contributed by atoms with Crippen molar-refractivity contribution in [1.82, 2.24) is 0 Å². The molecule has 0 N–H and O–H groups in total. The Balaban J connectivity index is 2.20. The van der Waals surface area contributed by atoms with Gasteiger partial charge in [0, 0.05) is 34.0 Å². The molecule has 2 aromatic rings. The molecule has 122 valence electrons. The van der Waals surface area contributed by atoms with Gasteiger partial charge in [-0.1, -0.05) is 11.3 Å². The third-order valence-corrected chi connectivity index (χ3v) is 9.90. The van der Waals surface area contributed by atoms with Gasteiger partial charge in [-0.15, -0.1) is 0 Å². The maximum atomic E-state index is 12.0. The highest BCUT2D eigenvalue weighted by Crippen LogP contribution is 2.44. The van der Waals surface area contributed by atoms with Crippen LogP contribution in [-0.2, 0) is 11.3 Å². The molecule has 5 nitrogen and oxygen atoms in total. The normalized spacial score (nSPS) is 10.7. The van der Waals surface area contributed by atoms with E-state index in [0.717, 1.165) is 33.7 Å². The quantitative estimate of drug-likeness (QED) is 0.119. The van der Waals surface area contributed by atoms with Crippen LogP contribution in [0, 0.1) is 10.1 Å². The lowest BCUT2D eigenvalue weighted by molar-refractivity contribution is -0.380. The molecule has 0 radical (unpaired) electrons. The predicted octanol–water partition coefficient (Wildman–Crippen LogP) is 6.83. The molecule has 0 saturated carbocycles. The average Bonchev–Trinajstić information content (AvgIpc) is 3.01. The Morgan fingerprint density at radius 2 is 1.57 bits per heavy atom. The van der Waals surface area contributed by atoms with Crippen molar-refractivity contribution in [2.24, 2.45) is 0 Å². The number of carbonyl (C=O) groups excluding carboxylic acids is 1. The summed E-state index contributed by atoms with van der Waals surface area (Å²) in [6.45, 7) is -0.00379. The van der Waals surface area contributed by atoms with Gasteiger partial charge in [-0.3, -0.25) is 10.1 Å². The average molecular weight is 658 g/mol. The lowest BCUT2D eigenvalue weighted by Crippen LogP contribution is -2.05. The number of thiophene rings is 1. The van der Waals surface area contributed by atoms with Crippen molar-refractivity contribution in [3.8, 4) is 0 Å². The van der Waals surface area contributed by atoms with Crippen molar-refractivity contribution >= 4 is 102 Å². The van der Waals surface area contributed by atoms with E-state index in [1.54, 1.807) is 0 Å². The van der Waals surface area contributed by atoms with Crippen molar-refractivity contribution in [2.75, 3.05) is 0 Å². The molecule has 23 heavy (non-hydrogen) atoms. The number of nitrogens with zero attached hydrogens (tertiary/aromatic N) is 1. The molecule has 0 aliphatic heterocycles. The fourth-order valence-electron chi connectivity index (χ4n) is 1.52. The summed E-state index contributed by atoms with van der Waals surface area (Å²) in [6.07, 6.45) is 0. The highest BCUT2D eigenvalue weighted by Gasteiger charge is 2.20. The second-order valence-corrected chi connectivity index (χ2v) is 9.05.